The van der Waals surface area contributed by atoms with Crippen molar-refractivity contribution in [3.05, 3.63) is 30.3 Å². The number of nitrogens with zero attached hydrogens (tertiary/aromatic N) is 1. The van der Waals surface area contributed by atoms with E-state index in [-0.39, 0.29) is 0 Å². The number of ether oxygens (including phenoxy) is 1. The van der Waals surface area contributed by atoms with Gasteiger partial charge in [0.15, 0.2) is 0 Å². The molecule has 0 saturated carbocycles. The minimum absolute atomic E-state index is 0.341. The van der Waals surface area contributed by atoms with Crippen LogP contribution in [0.25, 0.3) is 0 Å². The summed E-state index contributed by atoms with van der Waals surface area (Å²) in [7, 11) is 1.19. The van der Waals surface area contributed by atoms with E-state index in [2.05, 4.69) is 0 Å². The van der Waals surface area contributed by atoms with E-state index in [0.717, 1.165) is 0 Å². The van der Waals surface area contributed by atoms with Gasteiger partial charge in [0.05, 0.1) is 0 Å². The Bertz CT molecular complexity index is 352. The molecule has 0 fully saturated rings. The Labute approximate surface area is 86.0 Å². The number of hydrogen-bond donors (Lipinski definition) is 2. The Kier molecular flexibility index (Phi) is 3.50. The summed E-state index contributed by atoms with van der Waals surface area (Å²) in [6.45, 7) is 0. The first kappa shape index (κ1) is 10.8. The van der Waals surface area contributed by atoms with Crippen LogP contribution in [0.2, 0.25) is 0 Å². The zero-order valence-corrected chi connectivity index (χ0v) is 8.01. The number of para-hydroxylation sites is 1. The highest BCUT2D eigenvalue weighted by atomic mass is 16.6. The molecule has 1 rings (SSSR count). The number of rotatable bonds is 1. The number of carboxylic acid groups (broad SMARTS) is 1. The molecule has 0 aliphatic heterocycles. The first-order chi connectivity index (χ1) is 7.09. The molecule has 0 aliphatic carbocycles. The van der Waals surface area contributed by atoms with E-state index in [4.69, 9.17) is 9.84 Å². The number of amides is 2. The number of hydrazine groups is 1. The van der Waals surface area contributed by atoms with Crippen LogP contribution in [-0.2, 0) is 0 Å². The highest BCUT2D eigenvalue weighted by Gasteiger charge is 2.10. The van der Waals surface area contributed by atoms with Crippen LogP contribution in [0.4, 0.5) is 9.59 Å². The van der Waals surface area contributed by atoms with Gasteiger partial charge in [-0.15, -0.1) is 0 Å². The number of nitrogens with one attached hydrogen (secondary N) is 1. The van der Waals surface area contributed by atoms with E-state index in [1.165, 1.54) is 7.05 Å². The van der Waals surface area contributed by atoms with Gasteiger partial charge in [0, 0.05) is 7.05 Å². The van der Waals surface area contributed by atoms with Gasteiger partial charge in [-0.3, -0.25) is 0 Å². The molecular weight excluding hydrogens is 200 g/mol. The molecule has 1 aromatic carbocycles. The van der Waals surface area contributed by atoms with Crippen molar-refractivity contribution >= 4 is 12.2 Å². The van der Waals surface area contributed by atoms with Gasteiger partial charge < -0.3 is 9.84 Å². The van der Waals surface area contributed by atoms with Gasteiger partial charge in [-0.25, -0.2) is 20.0 Å². The molecule has 2 N–H and O–H groups in total. The van der Waals surface area contributed by atoms with Crippen LogP contribution in [0.1, 0.15) is 0 Å². The SMILES string of the molecule is CN(NC(=O)Oc1ccccc1)C(=O)O. The van der Waals surface area contributed by atoms with Crippen LogP contribution in [0.3, 0.4) is 0 Å². The van der Waals surface area contributed by atoms with Gasteiger partial charge in [-0.05, 0) is 12.1 Å². The molecule has 15 heavy (non-hydrogen) atoms. The minimum Gasteiger partial charge on any atom is -0.464 e. The van der Waals surface area contributed by atoms with Crippen molar-refractivity contribution in [2.45, 2.75) is 0 Å². The van der Waals surface area contributed by atoms with Gasteiger partial charge in [-0.1, -0.05) is 18.2 Å². The summed E-state index contributed by atoms with van der Waals surface area (Å²) >= 11 is 0. The van der Waals surface area contributed by atoms with Crippen molar-refractivity contribution in [1.29, 1.82) is 0 Å². The molecule has 0 saturated heterocycles. The summed E-state index contributed by atoms with van der Waals surface area (Å²) < 4.78 is 4.78. The highest BCUT2D eigenvalue weighted by Crippen LogP contribution is 2.07. The van der Waals surface area contributed by atoms with Gasteiger partial charge in [0.1, 0.15) is 5.75 Å². The third-order valence-corrected chi connectivity index (χ3v) is 1.50. The quantitative estimate of drug-likeness (QED) is 0.685. The Morgan fingerprint density at radius 1 is 1.33 bits per heavy atom. The van der Waals surface area contributed by atoms with E-state index < -0.39 is 12.2 Å². The van der Waals surface area contributed by atoms with E-state index in [1.807, 2.05) is 5.43 Å². The maximum absolute atomic E-state index is 11.1. The number of carbonyl (C=O) groups excluding carboxylic acids is 1. The monoisotopic (exact) mass is 210 g/mol. The molecule has 1 aromatic rings. The van der Waals surface area contributed by atoms with Gasteiger partial charge in [-0.2, -0.15) is 0 Å². The average Bonchev–Trinajstić information content (AvgIpc) is 2.18. The van der Waals surface area contributed by atoms with Crippen LogP contribution in [0.15, 0.2) is 30.3 Å². The van der Waals surface area contributed by atoms with Gasteiger partial charge in [0.2, 0.25) is 0 Å². The summed E-state index contributed by atoms with van der Waals surface area (Å²) in [5.41, 5.74) is 2.00. The molecule has 0 aromatic heterocycles. The van der Waals surface area contributed by atoms with Crippen LogP contribution in [0.5, 0.6) is 5.75 Å². The van der Waals surface area contributed by atoms with Crippen molar-refractivity contribution in [3.63, 3.8) is 0 Å². The predicted molar refractivity (Wildman–Crippen MR) is 51.4 cm³/mol. The summed E-state index contributed by atoms with van der Waals surface area (Å²) in [6, 6.07) is 8.34. The van der Waals surface area contributed by atoms with Crippen molar-refractivity contribution in [2.24, 2.45) is 0 Å². The molecule has 6 nitrogen and oxygen atoms in total. The first-order valence-electron chi connectivity index (χ1n) is 4.10. The Morgan fingerprint density at radius 3 is 2.47 bits per heavy atom. The van der Waals surface area contributed by atoms with Crippen LogP contribution in [0, 0.1) is 0 Å². The second-order valence-electron chi connectivity index (χ2n) is 2.66. The van der Waals surface area contributed by atoms with Crippen molar-refractivity contribution in [1.82, 2.24) is 10.4 Å². The molecule has 2 amide bonds. The third kappa shape index (κ3) is 3.55. The molecule has 0 radical (unpaired) electrons. The van der Waals surface area contributed by atoms with Crippen molar-refractivity contribution < 1.29 is 19.4 Å². The van der Waals surface area contributed by atoms with E-state index in [9.17, 15) is 9.59 Å². The lowest BCUT2D eigenvalue weighted by Gasteiger charge is -2.13. The molecule has 0 spiro atoms. The van der Waals surface area contributed by atoms with Crippen LogP contribution >= 0.6 is 0 Å². The van der Waals surface area contributed by atoms with Crippen molar-refractivity contribution in [2.75, 3.05) is 7.05 Å². The van der Waals surface area contributed by atoms with E-state index in [1.54, 1.807) is 30.3 Å². The maximum atomic E-state index is 11.1. The third-order valence-electron chi connectivity index (χ3n) is 1.50. The molecule has 0 aliphatic rings. The largest absolute Gasteiger partial charge is 0.464 e. The van der Waals surface area contributed by atoms with Gasteiger partial charge in [0.25, 0.3) is 0 Å². The van der Waals surface area contributed by atoms with E-state index in [0.29, 0.717) is 10.8 Å². The Balaban J connectivity index is 2.47. The highest BCUT2D eigenvalue weighted by molar-refractivity contribution is 5.74. The zero-order chi connectivity index (χ0) is 11.3. The number of benzene rings is 1. The Hall–Kier alpha value is -2.24. The zero-order valence-electron chi connectivity index (χ0n) is 8.01. The standard InChI is InChI=1S/C9H10N2O4/c1-11(9(13)14)10-8(12)15-7-5-3-2-4-6-7/h2-6H,1H3,(H,10,12)(H,13,14). The fraction of sp³-hybridized carbons (Fsp3) is 0.111. The summed E-state index contributed by atoms with van der Waals surface area (Å²) in [5.74, 6) is 0.341. The lowest BCUT2D eigenvalue weighted by atomic mass is 10.3. The summed E-state index contributed by atoms with van der Waals surface area (Å²) in [5, 5.41) is 9.06. The Morgan fingerprint density at radius 2 is 1.93 bits per heavy atom. The number of hydrogen-bond acceptors (Lipinski definition) is 3. The fourth-order valence-electron chi connectivity index (χ4n) is 0.803. The van der Waals surface area contributed by atoms with E-state index >= 15 is 0 Å². The lowest BCUT2D eigenvalue weighted by Crippen LogP contribution is -2.43. The fourth-order valence-corrected chi connectivity index (χ4v) is 0.803. The minimum atomic E-state index is -1.28. The van der Waals surface area contributed by atoms with Crippen molar-refractivity contribution in [3.8, 4) is 5.75 Å². The second-order valence-corrected chi connectivity index (χ2v) is 2.66. The summed E-state index contributed by atoms with van der Waals surface area (Å²) in [6.07, 6.45) is -2.13. The molecule has 0 atom stereocenters. The normalized spacial score (nSPS) is 9.13. The lowest BCUT2D eigenvalue weighted by molar-refractivity contribution is 0.125. The van der Waals surface area contributed by atoms with Crippen LogP contribution < -0.4 is 10.2 Å². The smallest absolute Gasteiger partial charge is 0.431 e. The van der Waals surface area contributed by atoms with Crippen LogP contribution in [-0.4, -0.2) is 29.3 Å². The number of carbonyl (C=O) groups is 2. The average molecular weight is 210 g/mol. The summed E-state index contributed by atoms with van der Waals surface area (Å²) in [4.78, 5) is 21.4. The topological polar surface area (TPSA) is 78.9 Å². The predicted octanol–water partition coefficient (Wildman–Crippen LogP) is 1.30. The molecule has 6 heteroatoms. The van der Waals surface area contributed by atoms with Gasteiger partial charge >= 0.3 is 12.2 Å². The molecule has 0 unspecified atom stereocenters. The molecule has 0 heterocycles. The molecular formula is C9H10N2O4. The molecule has 80 valence electrons. The first-order valence-corrected chi connectivity index (χ1v) is 4.10. The maximum Gasteiger partial charge on any atom is 0.431 e. The second kappa shape index (κ2) is 4.85. The molecule has 0 bridgehead atoms.